The van der Waals surface area contributed by atoms with Gasteiger partial charge in [0, 0.05) is 6.42 Å². The number of carbonyl (C=O) groups is 1. The second-order valence-electron chi connectivity index (χ2n) is 4.35. The monoisotopic (exact) mass is 246 g/mol. The molecule has 0 aliphatic carbocycles. The minimum atomic E-state index is -0.195. The van der Waals surface area contributed by atoms with E-state index in [9.17, 15) is 4.79 Å². The molecule has 0 bridgehead atoms. The number of fused-ring (bicyclic) bond motifs is 1. The van der Waals surface area contributed by atoms with Gasteiger partial charge < -0.3 is 13.9 Å². The molecule has 1 aliphatic rings. The van der Waals surface area contributed by atoms with E-state index in [0.717, 1.165) is 37.5 Å². The molecule has 0 radical (unpaired) electrons. The van der Waals surface area contributed by atoms with Gasteiger partial charge in [-0.15, -0.1) is 0 Å². The smallest absolute Gasteiger partial charge is 0.199 e. The quantitative estimate of drug-likeness (QED) is 0.780. The highest BCUT2D eigenvalue weighted by Gasteiger charge is 2.17. The van der Waals surface area contributed by atoms with Crippen LogP contribution >= 0.6 is 0 Å². The molecule has 18 heavy (non-hydrogen) atoms. The Kier molecular flexibility index (Phi) is 3.02. The van der Waals surface area contributed by atoms with Crippen LogP contribution in [0.2, 0.25) is 0 Å². The van der Waals surface area contributed by atoms with E-state index < -0.39 is 0 Å². The summed E-state index contributed by atoms with van der Waals surface area (Å²) in [6.07, 6.45) is 5.25. The Labute approximate surface area is 104 Å². The van der Waals surface area contributed by atoms with Gasteiger partial charge in [0.15, 0.2) is 12.6 Å². The van der Waals surface area contributed by atoms with E-state index in [1.54, 1.807) is 24.5 Å². The zero-order valence-electron chi connectivity index (χ0n) is 9.93. The van der Waals surface area contributed by atoms with Crippen molar-refractivity contribution in [3.63, 3.8) is 0 Å². The van der Waals surface area contributed by atoms with Crippen LogP contribution in [-0.4, -0.2) is 19.2 Å². The summed E-state index contributed by atoms with van der Waals surface area (Å²) in [4.78, 5) is 10.9. The number of aldehydes is 1. The predicted octanol–water partition coefficient (Wildman–Crippen LogP) is 3.15. The fraction of sp³-hybridized carbons (Fsp3) is 0.357. The van der Waals surface area contributed by atoms with Crippen molar-refractivity contribution >= 4 is 17.3 Å². The second-order valence-corrected chi connectivity index (χ2v) is 4.35. The lowest BCUT2D eigenvalue weighted by molar-refractivity contribution is -0.105. The molecule has 1 aromatic carbocycles. The van der Waals surface area contributed by atoms with Gasteiger partial charge in [-0.05, 0) is 31.0 Å². The van der Waals surface area contributed by atoms with Crippen molar-refractivity contribution in [2.75, 3.05) is 6.61 Å². The van der Waals surface area contributed by atoms with E-state index in [4.69, 9.17) is 13.9 Å². The van der Waals surface area contributed by atoms with Crippen LogP contribution in [0.25, 0.3) is 11.0 Å². The molecular formula is C14H14O4. The first-order valence-corrected chi connectivity index (χ1v) is 6.12. The maximum atomic E-state index is 10.9. The fourth-order valence-corrected chi connectivity index (χ4v) is 2.20. The molecule has 1 aromatic heterocycles. The summed E-state index contributed by atoms with van der Waals surface area (Å²) >= 11 is 0. The zero-order valence-corrected chi connectivity index (χ0v) is 9.93. The van der Waals surface area contributed by atoms with Gasteiger partial charge in [0.25, 0.3) is 0 Å². The molecule has 2 heterocycles. The average molecular weight is 246 g/mol. The van der Waals surface area contributed by atoms with E-state index in [0.29, 0.717) is 16.9 Å². The van der Waals surface area contributed by atoms with Gasteiger partial charge in [0.1, 0.15) is 11.3 Å². The van der Waals surface area contributed by atoms with Gasteiger partial charge in [0.05, 0.1) is 23.8 Å². The summed E-state index contributed by atoms with van der Waals surface area (Å²) in [6, 6.07) is 5.30. The zero-order chi connectivity index (χ0) is 12.4. The summed E-state index contributed by atoms with van der Waals surface area (Å²) in [5.74, 6) is 0.705. The Morgan fingerprint density at radius 2 is 2.22 bits per heavy atom. The molecule has 1 unspecified atom stereocenters. The molecule has 1 saturated heterocycles. The highest BCUT2D eigenvalue weighted by Crippen LogP contribution is 2.30. The van der Waals surface area contributed by atoms with Crippen LogP contribution in [0.1, 0.15) is 29.6 Å². The van der Waals surface area contributed by atoms with Crippen molar-refractivity contribution in [2.24, 2.45) is 0 Å². The molecule has 4 nitrogen and oxygen atoms in total. The van der Waals surface area contributed by atoms with Crippen molar-refractivity contribution < 1.29 is 18.7 Å². The number of furan rings is 1. The van der Waals surface area contributed by atoms with Crippen LogP contribution in [0.3, 0.4) is 0 Å². The van der Waals surface area contributed by atoms with E-state index in [-0.39, 0.29) is 6.29 Å². The van der Waals surface area contributed by atoms with Crippen LogP contribution < -0.4 is 4.74 Å². The van der Waals surface area contributed by atoms with Crippen molar-refractivity contribution in [3.8, 4) is 5.75 Å². The minimum Gasteiger partial charge on any atom is -0.464 e. The molecule has 1 fully saturated rings. The first-order valence-electron chi connectivity index (χ1n) is 6.12. The van der Waals surface area contributed by atoms with Crippen LogP contribution in [0.15, 0.2) is 28.9 Å². The van der Waals surface area contributed by atoms with E-state index in [2.05, 4.69) is 0 Å². The van der Waals surface area contributed by atoms with Gasteiger partial charge in [0.2, 0.25) is 0 Å². The molecule has 0 saturated carbocycles. The Balaban J connectivity index is 1.92. The summed E-state index contributed by atoms with van der Waals surface area (Å²) in [7, 11) is 0. The van der Waals surface area contributed by atoms with Crippen molar-refractivity contribution in [1.82, 2.24) is 0 Å². The number of rotatable bonds is 3. The van der Waals surface area contributed by atoms with Crippen molar-refractivity contribution in [2.45, 2.75) is 25.6 Å². The number of carbonyl (C=O) groups excluding carboxylic acids is 1. The van der Waals surface area contributed by atoms with E-state index in [1.807, 2.05) is 0 Å². The first kappa shape index (κ1) is 11.3. The van der Waals surface area contributed by atoms with Crippen molar-refractivity contribution in [1.29, 1.82) is 0 Å². The lowest BCUT2D eigenvalue weighted by atomic mass is 10.1. The maximum Gasteiger partial charge on any atom is 0.199 e. The van der Waals surface area contributed by atoms with Crippen molar-refractivity contribution in [3.05, 3.63) is 30.0 Å². The minimum absolute atomic E-state index is 0.195. The van der Waals surface area contributed by atoms with Gasteiger partial charge in [-0.3, -0.25) is 4.79 Å². The summed E-state index contributed by atoms with van der Waals surface area (Å²) in [6.45, 7) is 0.742. The largest absolute Gasteiger partial charge is 0.464 e. The molecule has 2 aromatic rings. The number of hydrogen-bond acceptors (Lipinski definition) is 4. The predicted molar refractivity (Wildman–Crippen MR) is 65.8 cm³/mol. The third kappa shape index (κ3) is 1.99. The third-order valence-electron chi connectivity index (χ3n) is 3.13. The average Bonchev–Trinajstić information content (AvgIpc) is 2.90. The van der Waals surface area contributed by atoms with Gasteiger partial charge >= 0.3 is 0 Å². The standard InChI is InChI=1S/C14H14O4/c15-9-10-4-5-12(11-6-8-17-14(10)11)18-13-3-1-2-7-16-13/h4-6,8-9,13H,1-3,7H2. The summed E-state index contributed by atoms with van der Waals surface area (Å²) < 4.78 is 16.7. The SMILES string of the molecule is O=Cc1ccc(OC2CCCCO2)c2ccoc12. The first-order chi connectivity index (χ1) is 8.88. The Hall–Kier alpha value is -1.81. The van der Waals surface area contributed by atoms with Crippen LogP contribution in [0.5, 0.6) is 5.75 Å². The molecule has 4 heteroatoms. The molecule has 0 N–H and O–H groups in total. The molecule has 94 valence electrons. The number of benzene rings is 1. The lowest BCUT2D eigenvalue weighted by Crippen LogP contribution is -2.25. The Bertz CT molecular complexity index is 552. The number of ether oxygens (including phenoxy) is 2. The molecule has 3 rings (SSSR count). The molecule has 0 spiro atoms. The second kappa shape index (κ2) is 4.82. The van der Waals surface area contributed by atoms with E-state index in [1.165, 1.54) is 0 Å². The summed E-state index contributed by atoms with van der Waals surface area (Å²) in [5.41, 5.74) is 1.10. The normalized spacial score (nSPS) is 19.9. The number of hydrogen-bond donors (Lipinski definition) is 0. The molecular weight excluding hydrogens is 232 g/mol. The molecule has 1 aliphatic heterocycles. The lowest BCUT2D eigenvalue weighted by Gasteiger charge is -2.23. The van der Waals surface area contributed by atoms with E-state index >= 15 is 0 Å². The van der Waals surface area contributed by atoms with Crippen LogP contribution in [-0.2, 0) is 4.74 Å². The highest BCUT2D eigenvalue weighted by atomic mass is 16.7. The van der Waals surface area contributed by atoms with Crippen LogP contribution in [0, 0.1) is 0 Å². The van der Waals surface area contributed by atoms with Gasteiger partial charge in [-0.25, -0.2) is 0 Å². The topological polar surface area (TPSA) is 48.7 Å². The third-order valence-corrected chi connectivity index (χ3v) is 3.13. The Morgan fingerprint density at radius 3 is 3.00 bits per heavy atom. The van der Waals surface area contributed by atoms with Gasteiger partial charge in [-0.2, -0.15) is 0 Å². The van der Waals surface area contributed by atoms with Crippen LogP contribution in [0.4, 0.5) is 0 Å². The molecule has 1 atom stereocenters. The Morgan fingerprint density at radius 1 is 1.28 bits per heavy atom. The fourth-order valence-electron chi connectivity index (χ4n) is 2.20. The van der Waals surface area contributed by atoms with Gasteiger partial charge in [-0.1, -0.05) is 0 Å². The summed E-state index contributed by atoms with van der Waals surface area (Å²) in [5, 5.41) is 0.814. The highest BCUT2D eigenvalue weighted by molar-refractivity contribution is 5.97. The maximum absolute atomic E-state index is 10.9. The molecule has 0 amide bonds.